The molecule has 112 valence electrons. The van der Waals surface area contributed by atoms with Gasteiger partial charge in [0, 0.05) is 0 Å². The number of carboxylic acid groups (broad SMARTS) is 2. The highest BCUT2D eigenvalue weighted by Crippen LogP contribution is 1.65. The van der Waals surface area contributed by atoms with E-state index in [1.165, 1.54) is 0 Å². The summed E-state index contributed by atoms with van der Waals surface area (Å²) in [6.45, 7) is 10.0. The topological polar surface area (TPSA) is 119 Å². The van der Waals surface area contributed by atoms with Crippen molar-refractivity contribution in [2.45, 2.75) is 27.7 Å². The lowest BCUT2D eigenvalue weighted by Crippen LogP contribution is -2.14. The van der Waals surface area contributed by atoms with Crippen molar-refractivity contribution in [2.75, 3.05) is 26.4 Å². The lowest BCUT2D eigenvalue weighted by atomic mass is 10.9. The van der Waals surface area contributed by atoms with Gasteiger partial charge in [0.2, 0.25) is 0 Å². The predicted octanol–water partition coefficient (Wildman–Crippen LogP) is 1.18. The summed E-state index contributed by atoms with van der Waals surface area (Å²) >= 11 is 0. The van der Waals surface area contributed by atoms with E-state index in [9.17, 15) is 0 Å². The van der Waals surface area contributed by atoms with E-state index in [1.54, 1.807) is 0 Å². The Balaban J connectivity index is -0.000000196. The third-order valence-electron chi connectivity index (χ3n) is 0.813. The molecule has 4 N–H and O–H groups in total. The molecule has 0 unspecified atom stereocenters. The van der Waals surface area contributed by atoms with Gasteiger partial charge in [-0.2, -0.15) is 0 Å². The monoisotopic (exact) mass is 272 g/mol. The van der Waals surface area contributed by atoms with Gasteiger partial charge in [-0.25, -0.2) is 4.79 Å². The van der Waals surface area contributed by atoms with Crippen molar-refractivity contribution in [3.8, 4) is 0 Å². The van der Waals surface area contributed by atoms with E-state index in [-0.39, 0.29) is 0 Å². The molecule has 0 aliphatic carbocycles. The van der Waals surface area contributed by atoms with Crippen LogP contribution in [0.3, 0.4) is 0 Å². The molecular weight excluding hydrogens is 248 g/mol. The van der Waals surface area contributed by atoms with Gasteiger partial charge >= 0.3 is 6.16 Å². The number of rotatable bonds is 8. The normalized spacial score (nSPS) is 8.67. The second kappa shape index (κ2) is 25.0. The van der Waals surface area contributed by atoms with Crippen molar-refractivity contribution in [1.82, 2.24) is 11.3 Å². The zero-order valence-electron chi connectivity index (χ0n) is 11.3. The molecule has 0 spiro atoms. The second-order valence-electron chi connectivity index (χ2n) is 2.18. The average Bonchev–Trinajstić information content (AvgIpc) is 2.31. The predicted molar refractivity (Wildman–Crippen MR) is 63.4 cm³/mol. The summed E-state index contributed by atoms with van der Waals surface area (Å²) in [5, 5.41) is 13.9. The Bertz CT molecular complexity index is 127. The Hall–Kier alpha value is -0.970. The van der Waals surface area contributed by atoms with Gasteiger partial charge in [-0.15, -0.1) is 0 Å². The minimum absolute atomic E-state index is 0.625. The van der Waals surface area contributed by atoms with Crippen LogP contribution in [0.1, 0.15) is 27.7 Å². The van der Waals surface area contributed by atoms with Gasteiger partial charge in [-0.1, -0.05) is 11.3 Å². The molecule has 0 heterocycles. The van der Waals surface area contributed by atoms with Crippen LogP contribution in [0.15, 0.2) is 0 Å². The Labute approximate surface area is 107 Å². The third kappa shape index (κ3) is 59.9. The first-order valence-corrected chi connectivity index (χ1v) is 5.45. The van der Waals surface area contributed by atoms with Gasteiger partial charge in [0.15, 0.2) is 0 Å². The first-order valence-electron chi connectivity index (χ1n) is 5.45. The highest BCUT2D eigenvalue weighted by Gasteiger charge is 1.74. The summed E-state index contributed by atoms with van der Waals surface area (Å²) in [4.78, 5) is 27.0. The maximum atomic E-state index is 8.56. The molecule has 0 aliphatic rings. The third-order valence-corrected chi connectivity index (χ3v) is 0.813. The van der Waals surface area contributed by atoms with Crippen molar-refractivity contribution < 1.29 is 34.4 Å². The van der Waals surface area contributed by atoms with E-state index in [4.69, 9.17) is 15.0 Å². The summed E-state index contributed by atoms with van der Waals surface area (Å²) in [6.07, 6.45) is -1.83. The summed E-state index contributed by atoms with van der Waals surface area (Å²) in [5.74, 6) is 0. The van der Waals surface area contributed by atoms with Crippen LogP contribution in [0.25, 0.3) is 0 Å². The minimum atomic E-state index is -1.83. The van der Waals surface area contributed by atoms with Crippen LogP contribution in [-0.4, -0.2) is 42.8 Å². The molecule has 0 aromatic heterocycles. The molecule has 0 rings (SSSR count). The molecule has 0 bridgehead atoms. The SMILES string of the molecule is CCONOCC.CCONOCC.O=C(O)O. The van der Waals surface area contributed by atoms with E-state index in [1.807, 2.05) is 27.7 Å². The molecule has 18 heavy (non-hydrogen) atoms. The first kappa shape index (κ1) is 22.2. The fourth-order valence-electron chi connectivity index (χ4n) is 0.319. The van der Waals surface area contributed by atoms with Crippen LogP contribution >= 0.6 is 0 Å². The Morgan fingerprint density at radius 2 is 0.944 bits per heavy atom. The molecule has 0 saturated carbocycles. The average molecular weight is 272 g/mol. The molecule has 0 fully saturated rings. The minimum Gasteiger partial charge on any atom is -0.450 e. The molecule has 0 atom stereocenters. The Morgan fingerprint density at radius 3 is 1.06 bits per heavy atom. The summed E-state index contributed by atoms with van der Waals surface area (Å²) in [5.41, 5.74) is 4.57. The number of nitrogens with one attached hydrogen (secondary N) is 2. The molecule has 9 nitrogen and oxygen atoms in total. The largest absolute Gasteiger partial charge is 0.503 e. The van der Waals surface area contributed by atoms with Crippen LogP contribution < -0.4 is 11.3 Å². The summed E-state index contributed by atoms with van der Waals surface area (Å²) in [6, 6.07) is 0. The van der Waals surface area contributed by atoms with Gasteiger partial charge in [0.1, 0.15) is 0 Å². The van der Waals surface area contributed by atoms with E-state index >= 15 is 0 Å². The van der Waals surface area contributed by atoms with Gasteiger partial charge < -0.3 is 10.2 Å². The molecule has 0 amide bonds. The lowest BCUT2D eigenvalue weighted by Gasteiger charge is -1.98. The zero-order chi connectivity index (χ0) is 14.6. The second-order valence-corrected chi connectivity index (χ2v) is 2.18. The molecule has 0 saturated heterocycles. The number of hydrogen-bond acceptors (Lipinski definition) is 7. The fourth-order valence-corrected chi connectivity index (χ4v) is 0.319. The van der Waals surface area contributed by atoms with Crippen molar-refractivity contribution in [3.05, 3.63) is 0 Å². The zero-order valence-corrected chi connectivity index (χ0v) is 11.3. The molecule has 0 aliphatic heterocycles. The smallest absolute Gasteiger partial charge is 0.450 e. The van der Waals surface area contributed by atoms with Crippen molar-refractivity contribution >= 4 is 6.16 Å². The van der Waals surface area contributed by atoms with Crippen molar-refractivity contribution in [3.63, 3.8) is 0 Å². The van der Waals surface area contributed by atoms with Crippen molar-refractivity contribution in [2.24, 2.45) is 0 Å². The molecule has 0 aromatic carbocycles. The molecule has 9 heteroatoms. The summed E-state index contributed by atoms with van der Waals surface area (Å²) in [7, 11) is 0. The van der Waals surface area contributed by atoms with Gasteiger partial charge in [-0.3, -0.25) is 19.4 Å². The number of hydrogen-bond donors (Lipinski definition) is 4. The van der Waals surface area contributed by atoms with E-state index in [0.717, 1.165) is 0 Å². The Kier molecular flexibility index (Phi) is 30.9. The quantitative estimate of drug-likeness (QED) is 0.381. The number of carbonyl (C=O) groups is 1. The molecule has 0 radical (unpaired) electrons. The molecule has 0 aromatic rings. The van der Waals surface area contributed by atoms with Gasteiger partial charge in [0.05, 0.1) is 26.4 Å². The highest BCUT2D eigenvalue weighted by atomic mass is 16.9. The fraction of sp³-hybridized carbons (Fsp3) is 0.889. The van der Waals surface area contributed by atoms with Crippen LogP contribution in [0.5, 0.6) is 0 Å². The van der Waals surface area contributed by atoms with Crippen LogP contribution in [0.4, 0.5) is 4.79 Å². The van der Waals surface area contributed by atoms with Crippen LogP contribution in [-0.2, 0) is 19.4 Å². The van der Waals surface area contributed by atoms with Gasteiger partial charge in [-0.05, 0) is 27.7 Å². The standard InChI is InChI=1S/2C4H11NO2.CH2O3/c2*1-3-6-5-7-4-2;2-1(3)4/h2*5H,3-4H2,1-2H3;(H2,2,3,4). The van der Waals surface area contributed by atoms with Crippen LogP contribution in [0, 0.1) is 0 Å². The lowest BCUT2D eigenvalue weighted by molar-refractivity contribution is -0.163. The highest BCUT2D eigenvalue weighted by molar-refractivity contribution is 5.53. The van der Waals surface area contributed by atoms with E-state index < -0.39 is 6.16 Å². The first-order chi connectivity index (χ1) is 8.56. The molecular formula is C9H24N2O7. The van der Waals surface area contributed by atoms with E-state index in [0.29, 0.717) is 26.4 Å². The van der Waals surface area contributed by atoms with E-state index in [2.05, 4.69) is 30.6 Å². The summed E-state index contributed by atoms with van der Waals surface area (Å²) < 4.78 is 0. The maximum Gasteiger partial charge on any atom is 0.503 e. The Morgan fingerprint density at radius 1 is 0.778 bits per heavy atom. The van der Waals surface area contributed by atoms with Crippen LogP contribution in [0.2, 0.25) is 0 Å². The van der Waals surface area contributed by atoms with Gasteiger partial charge in [0.25, 0.3) is 0 Å². The van der Waals surface area contributed by atoms with Crippen molar-refractivity contribution in [1.29, 1.82) is 0 Å². The maximum absolute atomic E-state index is 8.56.